The molecule has 4 rings (SSSR count). The Hall–Kier alpha value is -1.20. The van der Waals surface area contributed by atoms with E-state index in [0.717, 1.165) is 5.92 Å². The van der Waals surface area contributed by atoms with Gasteiger partial charge in [0, 0.05) is 26.2 Å². The van der Waals surface area contributed by atoms with Crippen molar-refractivity contribution in [2.24, 2.45) is 5.92 Å². The van der Waals surface area contributed by atoms with Gasteiger partial charge in [-0.2, -0.15) is 0 Å². The van der Waals surface area contributed by atoms with E-state index in [2.05, 4.69) is 74.5 Å². The Kier molecular flexibility index (Phi) is 7.10. The topological polar surface area (TPSA) is 0 Å². The Morgan fingerprint density at radius 2 is 1.78 bits per heavy atom. The monoisotopic (exact) mass is 431 g/mol. The van der Waals surface area contributed by atoms with Gasteiger partial charge in [-0.3, -0.25) is 0 Å². The zero-order valence-electron chi connectivity index (χ0n) is 16.6. The summed E-state index contributed by atoms with van der Waals surface area (Å²) in [6.45, 7) is 4.55. The molecule has 27 heavy (non-hydrogen) atoms. The minimum absolute atomic E-state index is 0. The Balaban J connectivity index is 0.00000210. The second-order valence-corrected chi connectivity index (χ2v) is 7.99. The Bertz CT molecular complexity index is 912. The van der Waals surface area contributed by atoms with E-state index in [1.54, 1.807) is 0 Å². The van der Waals surface area contributed by atoms with Crippen LogP contribution in [0.3, 0.4) is 0 Å². The smallest absolute Gasteiger partial charge is 0 e. The van der Waals surface area contributed by atoms with E-state index in [9.17, 15) is 0 Å². The molecule has 0 saturated heterocycles. The molecular weight excluding hydrogens is 404 g/mol. The van der Waals surface area contributed by atoms with Crippen molar-refractivity contribution in [3.8, 4) is 11.1 Å². The summed E-state index contributed by atoms with van der Waals surface area (Å²) in [4.78, 5) is 0. The van der Waals surface area contributed by atoms with Crippen molar-refractivity contribution < 1.29 is 26.2 Å². The van der Waals surface area contributed by atoms with Crippen molar-refractivity contribution in [3.63, 3.8) is 0 Å². The third-order valence-corrected chi connectivity index (χ3v) is 6.15. The van der Waals surface area contributed by atoms with Crippen LogP contribution in [0.2, 0.25) is 0 Å². The van der Waals surface area contributed by atoms with Gasteiger partial charge in [0.15, 0.2) is 0 Å². The Morgan fingerprint density at radius 3 is 2.48 bits per heavy atom. The number of benzene rings is 2. The molecule has 1 radical (unpaired) electrons. The summed E-state index contributed by atoms with van der Waals surface area (Å²) in [7, 11) is 0. The van der Waals surface area contributed by atoms with Crippen molar-refractivity contribution in [2.45, 2.75) is 58.3 Å². The molecule has 1 unspecified atom stereocenters. The van der Waals surface area contributed by atoms with Crippen LogP contribution in [0.5, 0.6) is 0 Å². The number of rotatable bonds is 4. The first kappa shape index (κ1) is 20.5. The summed E-state index contributed by atoms with van der Waals surface area (Å²) in [5.41, 5.74) is 5.36. The van der Waals surface area contributed by atoms with Crippen LogP contribution in [-0.4, -0.2) is 0 Å². The molecule has 0 aliphatic heterocycles. The van der Waals surface area contributed by atoms with Crippen LogP contribution in [0.1, 0.15) is 63.9 Å². The summed E-state index contributed by atoms with van der Waals surface area (Å²) in [6.07, 6.45) is 16.5. The molecule has 0 spiro atoms. The van der Waals surface area contributed by atoms with Crippen LogP contribution < -0.4 is 10.4 Å². The number of allylic oxidation sites excluding steroid dienone is 2. The van der Waals surface area contributed by atoms with Crippen LogP contribution >= 0.6 is 0 Å². The van der Waals surface area contributed by atoms with Crippen molar-refractivity contribution in [3.05, 3.63) is 70.1 Å². The maximum absolute atomic E-state index is 3.64. The first-order chi connectivity index (χ1) is 12.7. The zero-order chi connectivity index (χ0) is 17.9. The summed E-state index contributed by atoms with van der Waals surface area (Å²) in [6, 6.07) is 15.8. The second-order valence-electron chi connectivity index (χ2n) is 7.99. The number of fused-ring (bicyclic) bond motifs is 1. The van der Waals surface area contributed by atoms with E-state index in [1.165, 1.54) is 71.2 Å². The van der Waals surface area contributed by atoms with Crippen molar-refractivity contribution in [1.82, 2.24) is 0 Å². The molecule has 0 N–H and O–H groups in total. The predicted octanol–water partition coefficient (Wildman–Crippen LogP) is 5.82. The first-order valence-electron chi connectivity index (χ1n) is 10.3. The number of hydrogen-bond acceptors (Lipinski definition) is 0. The van der Waals surface area contributed by atoms with E-state index in [0.29, 0.717) is 5.92 Å². The molecule has 2 aliphatic carbocycles. The molecule has 2 aliphatic rings. The van der Waals surface area contributed by atoms with Crippen LogP contribution in [-0.2, 0) is 26.2 Å². The van der Waals surface area contributed by atoms with Gasteiger partial charge in [-0.15, -0.1) is 0 Å². The normalized spacial score (nSPS) is 19.0. The van der Waals surface area contributed by atoms with Crippen molar-refractivity contribution in [2.75, 3.05) is 0 Å². The molecule has 0 nitrogen and oxygen atoms in total. The average Bonchev–Trinajstić information content (AvgIpc) is 3.10. The van der Waals surface area contributed by atoms with Crippen LogP contribution in [0.4, 0.5) is 0 Å². The van der Waals surface area contributed by atoms with Gasteiger partial charge < -0.3 is 0 Å². The molecule has 1 atom stereocenters. The van der Waals surface area contributed by atoms with E-state index in [-0.39, 0.29) is 26.2 Å². The van der Waals surface area contributed by atoms with Gasteiger partial charge in [0.1, 0.15) is 0 Å². The van der Waals surface area contributed by atoms with Gasteiger partial charge in [0.2, 0.25) is 0 Å². The van der Waals surface area contributed by atoms with E-state index < -0.39 is 0 Å². The van der Waals surface area contributed by atoms with Crippen LogP contribution in [0, 0.1) is 5.92 Å². The first-order valence-corrected chi connectivity index (χ1v) is 10.3. The molecule has 1 saturated carbocycles. The third kappa shape index (κ3) is 4.63. The fraction of sp³-hybridized carbons (Fsp3) is 0.385. The van der Waals surface area contributed by atoms with Gasteiger partial charge in [0.05, 0.1) is 0 Å². The molecule has 1 fully saturated rings. The molecule has 0 aromatic heterocycles. The zero-order valence-corrected chi connectivity index (χ0v) is 19.1. The molecular formula is C26H29Zr. The van der Waals surface area contributed by atoms with Crippen LogP contribution in [0.25, 0.3) is 23.3 Å². The third-order valence-electron chi connectivity index (χ3n) is 6.15. The van der Waals surface area contributed by atoms with Gasteiger partial charge in [-0.05, 0) is 76.0 Å². The molecule has 0 amide bonds. The van der Waals surface area contributed by atoms with Crippen molar-refractivity contribution in [1.29, 1.82) is 0 Å². The van der Waals surface area contributed by atoms with Gasteiger partial charge >= 0.3 is 0 Å². The van der Waals surface area contributed by atoms with Gasteiger partial charge in [-0.25, -0.2) is 0 Å². The van der Waals surface area contributed by atoms with Crippen LogP contribution in [0.15, 0.2) is 54.1 Å². The quantitative estimate of drug-likeness (QED) is 0.571. The van der Waals surface area contributed by atoms with E-state index in [1.807, 2.05) is 0 Å². The summed E-state index contributed by atoms with van der Waals surface area (Å²) >= 11 is 0. The minimum atomic E-state index is 0. The van der Waals surface area contributed by atoms with E-state index in [4.69, 9.17) is 0 Å². The Labute approximate surface area is 183 Å². The fourth-order valence-electron chi connectivity index (χ4n) is 4.30. The summed E-state index contributed by atoms with van der Waals surface area (Å²) in [5, 5.41) is 2.58. The molecule has 1 heteroatoms. The summed E-state index contributed by atoms with van der Waals surface area (Å²) < 4.78 is 0. The number of hydrogen-bond donors (Lipinski definition) is 0. The SMILES string of the molecule is CCC(C)c1ccc(-c2cccc3c2=CC(=CC2CCCCC2)[C]=3)cc1.[Zr]. The molecule has 137 valence electrons. The maximum Gasteiger partial charge on any atom is 0 e. The molecule has 0 heterocycles. The minimum Gasteiger partial charge on any atom is -0.0735 e. The summed E-state index contributed by atoms with van der Waals surface area (Å²) in [5.74, 6) is 1.37. The Morgan fingerprint density at radius 1 is 1.04 bits per heavy atom. The second kappa shape index (κ2) is 9.33. The molecule has 2 aromatic carbocycles. The molecule has 2 aromatic rings. The maximum atomic E-state index is 3.64. The van der Waals surface area contributed by atoms with Gasteiger partial charge in [0.25, 0.3) is 0 Å². The average molecular weight is 433 g/mol. The fourth-order valence-corrected chi connectivity index (χ4v) is 4.30. The van der Waals surface area contributed by atoms with E-state index >= 15 is 0 Å². The molecule has 0 bridgehead atoms. The predicted molar refractivity (Wildman–Crippen MR) is 112 cm³/mol. The van der Waals surface area contributed by atoms with Crippen molar-refractivity contribution >= 4 is 12.2 Å². The largest absolute Gasteiger partial charge is 0.0735 e. The van der Waals surface area contributed by atoms with Gasteiger partial charge in [-0.1, -0.05) is 81.7 Å². The standard InChI is InChI=1S/C26H29.Zr/c1-3-19(2)22-12-14-23(15-13-22)25-11-7-10-24-17-21(18-26(24)25)16-20-8-5-4-6-9-20;/h7,10-16,18-20H,3-6,8-9H2,1-2H3;.